The minimum absolute atomic E-state index is 0.595. The molecule has 1 aliphatic heterocycles. The number of aromatic amines is 1. The van der Waals surface area contributed by atoms with Crippen LogP contribution >= 0.6 is 0 Å². The first-order valence-electron chi connectivity index (χ1n) is 9.97. The van der Waals surface area contributed by atoms with Crippen molar-refractivity contribution >= 4 is 0 Å². The van der Waals surface area contributed by atoms with Gasteiger partial charge in [-0.3, -0.25) is 10.00 Å². The lowest BCUT2D eigenvalue weighted by Gasteiger charge is -2.31. The summed E-state index contributed by atoms with van der Waals surface area (Å²) < 4.78 is 5.41. The zero-order chi connectivity index (χ0) is 19.3. The molecule has 1 aliphatic rings. The van der Waals surface area contributed by atoms with Crippen molar-refractivity contribution in [2.45, 2.75) is 38.6 Å². The summed E-state index contributed by atoms with van der Waals surface area (Å²) in [6, 6.07) is 7.84. The highest BCUT2D eigenvalue weighted by molar-refractivity contribution is 5.63. The molecule has 0 spiro atoms. The van der Waals surface area contributed by atoms with E-state index in [0.717, 1.165) is 55.8 Å². The average molecular weight is 377 g/mol. The van der Waals surface area contributed by atoms with E-state index in [1.807, 2.05) is 42.9 Å². The number of hydrogen-bond donors (Lipinski definition) is 1. The Labute approximate surface area is 166 Å². The van der Waals surface area contributed by atoms with Gasteiger partial charge in [-0.2, -0.15) is 5.10 Å². The second-order valence-corrected chi connectivity index (χ2v) is 7.33. The molecule has 3 heterocycles. The maximum atomic E-state index is 5.41. The van der Waals surface area contributed by atoms with Gasteiger partial charge in [0, 0.05) is 36.1 Å². The van der Waals surface area contributed by atoms with Crippen LogP contribution in [0.1, 0.15) is 42.5 Å². The molecule has 1 fully saturated rings. The predicted octanol–water partition coefficient (Wildman–Crippen LogP) is 3.82. The van der Waals surface area contributed by atoms with E-state index in [4.69, 9.17) is 4.74 Å². The second kappa shape index (κ2) is 8.52. The number of piperidine rings is 1. The van der Waals surface area contributed by atoms with Gasteiger partial charge in [-0.25, -0.2) is 9.97 Å². The molecule has 6 nitrogen and oxygen atoms in total. The first kappa shape index (κ1) is 18.6. The molecule has 1 saturated heterocycles. The molecule has 146 valence electrons. The van der Waals surface area contributed by atoms with Gasteiger partial charge < -0.3 is 4.74 Å². The summed E-state index contributed by atoms with van der Waals surface area (Å²) >= 11 is 0. The van der Waals surface area contributed by atoms with Crippen LogP contribution < -0.4 is 4.74 Å². The number of para-hydroxylation sites is 1. The highest BCUT2D eigenvalue weighted by Crippen LogP contribution is 2.30. The minimum atomic E-state index is 0.595. The van der Waals surface area contributed by atoms with Gasteiger partial charge in [-0.1, -0.05) is 19.1 Å². The fourth-order valence-corrected chi connectivity index (χ4v) is 4.00. The van der Waals surface area contributed by atoms with E-state index < -0.39 is 0 Å². The van der Waals surface area contributed by atoms with Crippen LogP contribution in [0.4, 0.5) is 0 Å². The Kier molecular flexibility index (Phi) is 5.67. The Morgan fingerprint density at radius 2 is 1.86 bits per heavy atom. The van der Waals surface area contributed by atoms with E-state index in [1.165, 1.54) is 11.3 Å². The third-order valence-electron chi connectivity index (χ3n) is 5.59. The lowest BCUT2D eigenvalue weighted by molar-refractivity contribution is 0.202. The Morgan fingerprint density at radius 3 is 2.57 bits per heavy atom. The summed E-state index contributed by atoms with van der Waals surface area (Å²) in [7, 11) is 1.67. The van der Waals surface area contributed by atoms with Gasteiger partial charge in [0.15, 0.2) is 5.82 Å². The molecule has 4 rings (SSSR count). The molecule has 0 saturated carbocycles. The highest BCUT2D eigenvalue weighted by atomic mass is 16.5. The molecule has 1 N–H and O–H groups in total. The van der Waals surface area contributed by atoms with Crippen molar-refractivity contribution in [2.24, 2.45) is 0 Å². The molecular weight excluding hydrogens is 350 g/mol. The number of nitrogens with zero attached hydrogens (tertiary/aromatic N) is 4. The number of aromatic nitrogens is 4. The maximum absolute atomic E-state index is 5.41. The minimum Gasteiger partial charge on any atom is -0.496 e. The fourth-order valence-electron chi connectivity index (χ4n) is 4.00. The fraction of sp³-hybridized carbons (Fsp3) is 0.409. The van der Waals surface area contributed by atoms with E-state index in [0.29, 0.717) is 11.7 Å². The van der Waals surface area contributed by atoms with E-state index in [9.17, 15) is 0 Å². The first-order chi connectivity index (χ1) is 13.8. The van der Waals surface area contributed by atoms with Crippen molar-refractivity contribution in [3.8, 4) is 17.1 Å². The largest absolute Gasteiger partial charge is 0.496 e. The Morgan fingerprint density at radius 1 is 1.11 bits per heavy atom. The maximum Gasteiger partial charge on any atom is 0.162 e. The zero-order valence-electron chi connectivity index (χ0n) is 16.6. The lowest BCUT2D eigenvalue weighted by atomic mass is 9.91. The Bertz CT molecular complexity index is 897. The van der Waals surface area contributed by atoms with Gasteiger partial charge in [0.2, 0.25) is 0 Å². The molecule has 0 unspecified atom stereocenters. The topological polar surface area (TPSA) is 66.9 Å². The van der Waals surface area contributed by atoms with Crippen LogP contribution in [-0.2, 0) is 13.0 Å². The van der Waals surface area contributed by atoms with Gasteiger partial charge >= 0.3 is 0 Å². The van der Waals surface area contributed by atoms with Crippen molar-refractivity contribution in [1.29, 1.82) is 0 Å². The summed E-state index contributed by atoms with van der Waals surface area (Å²) in [5.41, 5.74) is 4.77. The molecule has 0 amide bonds. The van der Waals surface area contributed by atoms with Gasteiger partial charge in [0.25, 0.3) is 0 Å². The molecule has 3 aromatic rings. The SMILES string of the molecule is CCc1cn[nH]c1C1CCN(Cc2cnc(-c3ccccc3OC)nc2)CC1. The average Bonchev–Trinajstić information content (AvgIpc) is 3.24. The summed E-state index contributed by atoms with van der Waals surface area (Å²) in [6.07, 6.45) is 9.21. The number of benzene rings is 1. The number of likely N-dealkylation sites (tertiary alicyclic amines) is 1. The van der Waals surface area contributed by atoms with Gasteiger partial charge in [0.1, 0.15) is 5.75 Å². The number of rotatable bonds is 6. The standard InChI is InChI=1S/C22H27N5O/c1-3-17-14-25-26-21(17)18-8-10-27(11-9-18)15-16-12-23-22(24-13-16)19-6-4-5-7-20(19)28-2/h4-7,12-14,18H,3,8-11,15H2,1-2H3,(H,25,26). The van der Waals surface area contributed by atoms with Crippen LogP contribution in [-0.4, -0.2) is 45.3 Å². The van der Waals surface area contributed by atoms with E-state index in [2.05, 4.69) is 32.0 Å². The monoisotopic (exact) mass is 377 g/mol. The third kappa shape index (κ3) is 3.92. The lowest BCUT2D eigenvalue weighted by Crippen LogP contribution is -2.32. The van der Waals surface area contributed by atoms with Crippen molar-refractivity contribution in [2.75, 3.05) is 20.2 Å². The zero-order valence-corrected chi connectivity index (χ0v) is 16.6. The number of ether oxygens (including phenoxy) is 1. The van der Waals surface area contributed by atoms with Crippen molar-refractivity contribution in [1.82, 2.24) is 25.1 Å². The molecule has 0 aliphatic carbocycles. The van der Waals surface area contributed by atoms with Crippen LogP contribution in [0.2, 0.25) is 0 Å². The van der Waals surface area contributed by atoms with Crippen LogP contribution in [0, 0.1) is 0 Å². The van der Waals surface area contributed by atoms with E-state index in [1.54, 1.807) is 7.11 Å². The molecular formula is C22H27N5O. The molecule has 2 aromatic heterocycles. The summed E-state index contributed by atoms with van der Waals surface area (Å²) in [6.45, 7) is 5.25. The number of hydrogen-bond acceptors (Lipinski definition) is 5. The molecule has 28 heavy (non-hydrogen) atoms. The highest BCUT2D eigenvalue weighted by Gasteiger charge is 2.23. The predicted molar refractivity (Wildman–Crippen MR) is 109 cm³/mol. The molecule has 0 bridgehead atoms. The van der Waals surface area contributed by atoms with Crippen molar-refractivity contribution in [3.63, 3.8) is 0 Å². The summed E-state index contributed by atoms with van der Waals surface area (Å²) in [4.78, 5) is 11.6. The number of H-pyrrole nitrogens is 1. The Hall–Kier alpha value is -2.73. The third-order valence-corrected chi connectivity index (χ3v) is 5.59. The summed E-state index contributed by atoms with van der Waals surface area (Å²) in [5, 5.41) is 7.46. The second-order valence-electron chi connectivity index (χ2n) is 7.33. The van der Waals surface area contributed by atoms with E-state index >= 15 is 0 Å². The van der Waals surface area contributed by atoms with Gasteiger partial charge in [-0.15, -0.1) is 0 Å². The molecule has 6 heteroatoms. The quantitative estimate of drug-likeness (QED) is 0.707. The van der Waals surface area contributed by atoms with Gasteiger partial charge in [-0.05, 0) is 50.0 Å². The van der Waals surface area contributed by atoms with Crippen LogP contribution in [0.15, 0.2) is 42.9 Å². The molecule has 0 atom stereocenters. The smallest absolute Gasteiger partial charge is 0.162 e. The van der Waals surface area contributed by atoms with Crippen molar-refractivity contribution in [3.05, 3.63) is 59.7 Å². The van der Waals surface area contributed by atoms with E-state index in [-0.39, 0.29) is 0 Å². The molecule has 0 radical (unpaired) electrons. The summed E-state index contributed by atoms with van der Waals surface area (Å²) in [5.74, 6) is 2.09. The number of methoxy groups -OCH3 is 1. The van der Waals surface area contributed by atoms with Gasteiger partial charge in [0.05, 0.1) is 18.9 Å². The van der Waals surface area contributed by atoms with Crippen molar-refractivity contribution < 1.29 is 4.74 Å². The molecule has 1 aromatic carbocycles. The normalized spacial score (nSPS) is 15.6. The van der Waals surface area contributed by atoms with Crippen LogP contribution in [0.3, 0.4) is 0 Å². The van der Waals surface area contributed by atoms with Crippen LogP contribution in [0.25, 0.3) is 11.4 Å². The number of aryl methyl sites for hydroxylation is 1. The first-order valence-corrected chi connectivity index (χ1v) is 9.97. The number of nitrogens with one attached hydrogen (secondary N) is 1. The Balaban J connectivity index is 1.37. The van der Waals surface area contributed by atoms with Crippen LogP contribution in [0.5, 0.6) is 5.75 Å².